The maximum absolute atomic E-state index is 14.9. The lowest BCUT2D eigenvalue weighted by Crippen LogP contribution is -2.12. The monoisotopic (exact) mass is 923 g/mol. The summed E-state index contributed by atoms with van der Waals surface area (Å²) in [5.41, 5.74) is 6.64. The van der Waals surface area contributed by atoms with Crippen molar-refractivity contribution in [2.75, 3.05) is 0 Å². The fourth-order valence-electron chi connectivity index (χ4n) is 9.67. The molecule has 2 aromatic heterocycles. The van der Waals surface area contributed by atoms with Crippen molar-refractivity contribution in [3.05, 3.63) is 228 Å². The van der Waals surface area contributed by atoms with Gasteiger partial charge < -0.3 is 9.13 Å². The fourth-order valence-corrected chi connectivity index (χ4v) is 9.67. The van der Waals surface area contributed by atoms with Crippen LogP contribution in [0.15, 0.2) is 188 Å². The van der Waals surface area contributed by atoms with Crippen molar-refractivity contribution >= 4 is 55.0 Å². The molecule has 0 amide bonds. The molecule has 0 N–H and O–H groups in total. The zero-order valence-corrected chi connectivity index (χ0v) is 36.4. The Morgan fingerprint density at radius 3 is 1.39 bits per heavy atom. The highest BCUT2D eigenvalue weighted by Crippen LogP contribution is 2.46. The molecule has 334 valence electrons. The largest absolute Gasteiger partial charge is 0.417 e. The summed E-state index contributed by atoms with van der Waals surface area (Å²) in [6.45, 7) is 15.2. The minimum absolute atomic E-state index is 0.0279. The predicted molar refractivity (Wildman–Crippen MR) is 264 cm³/mol. The summed E-state index contributed by atoms with van der Waals surface area (Å²) in [6, 6.07) is 55.9. The van der Waals surface area contributed by atoms with Gasteiger partial charge in [-0.3, -0.25) is 0 Å². The van der Waals surface area contributed by atoms with E-state index in [1.54, 1.807) is 42.5 Å². The lowest BCUT2D eigenvalue weighted by Gasteiger charge is -2.21. The molecule has 0 aliphatic carbocycles. The summed E-state index contributed by atoms with van der Waals surface area (Å²) in [5.74, 6) is 0. The zero-order chi connectivity index (χ0) is 48.5. The highest BCUT2D eigenvalue weighted by Gasteiger charge is 2.38. The first-order valence-corrected chi connectivity index (χ1v) is 21.8. The molecule has 11 rings (SSSR count). The van der Waals surface area contributed by atoms with E-state index < -0.39 is 29.0 Å². The van der Waals surface area contributed by atoms with Crippen LogP contribution in [0.4, 0.5) is 37.7 Å². The van der Waals surface area contributed by atoms with Crippen molar-refractivity contribution in [1.29, 1.82) is 5.26 Å². The van der Waals surface area contributed by atoms with E-state index >= 15 is 0 Å². The van der Waals surface area contributed by atoms with Crippen molar-refractivity contribution in [2.24, 2.45) is 0 Å². The summed E-state index contributed by atoms with van der Waals surface area (Å²) in [4.78, 5) is 7.22. The van der Waals surface area contributed by atoms with E-state index in [-0.39, 0.29) is 11.6 Å². The Morgan fingerprint density at radius 2 is 0.871 bits per heavy atom. The fraction of sp³-hybridized carbons (Fsp3) is 0.0339. The van der Waals surface area contributed by atoms with Gasteiger partial charge >= 0.3 is 12.4 Å². The van der Waals surface area contributed by atoms with Crippen LogP contribution in [-0.2, 0) is 12.4 Å². The van der Waals surface area contributed by atoms with Gasteiger partial charge in [0.25, 0.3) is 0 Å². The van der Waals surface area contributed by atoms with Crippen LogP contribution in [0.5, 0.6) is 0 Å². The molecule has 11 aromatic rings. The van der Waals surface area contributed by atoms with Gasteiger partial charge in [-0.15, -0.1) is 0 Å². The number of alkyl halides is 6. The van der Waals surface area contributed by atoms with Crippen molar-refractivity contribution < 1.29 is 26.3 Å². The summed E-state index contributed by atoms with van der Waals surface area (Å²) in [7, 11) is 0. The second-order valence-corrected chi connectivity index (χ2v) is 16.8. The van der Waals surface area contributed by atoms with Gasteiger partial charge in [0.2, 0.25) is 0 Å². The van der Waals surface area contributed by atoms with Gasteiger partial charge in [-0.2, -0.15) is 31.6 Å². The van der Waals surface area contributed by atoms with Crippen molar-refractivity contribution in [2.45, 2.75) is 12.4 Å². The van der Waals surface area contributed by atoms with Gasteiger partial charge in [0.05, 0.1) is 69.3 Å². The SMILES string of the molecule is [C-]#[N+]c1cccc(-c2ccc3c(c2)c2ccccc2n3-c2cc(C#N)ccc2-c2ccc(-c3ccc(C(F)(F)F)cc3C(F)(F)F)cc2-n2c3ccccc3c3cc(-c4cccc([N+]#[C-])c4)ccc32)c1. The normalized spacial score (nSPS) is 11.8. The van der Waals surface area contributed by atoms with E-state index in [0.717, 1.165) is 60.9 Å². The molecule has 0 spiro atoms. The molecule has 2 heterocycles. The second-order valence-electron chi connectivity index (χ2n) is 16.8. The summed E-state index contributed by atoms with van der Waals surface area (Å²) >= 11 is 0. The number of hydrogen-bond donors (Lipinski definition) is 0. The van der Waals surface area contributed by atoms with Gasteiger partial charge in [-0.05, 0) is 112 Å². The zero-order valence-electron chi connectivity index (χ0n) is 36.4. The second kappa shape index (κ2) is 16.4. The number of para-hydroxylation sites is 2. The third kappa shape index (κ3) is 7.27. The lowest BCUT2D eigenvalue weighted by atomic mass is 9.92. The standard InChI is InChI=1S/C59H31F6N5/c1-67-42-11-7-9-36(28-42)38-19-25-54-49(30-38)45-13-3-5-15-52(45)69(54)56-27-35(34-66)17-22-47(56)48-23-18-40(44-24-21-41(58(60,61)62)33-51(44)59(63,64)65)32-57(48)70-53-16-6-4-14-46(53)50-31-39(20-26-55(50)70)37-10-8-12-43(29-37)68-2/h3-33H. The smallest absolute Gasteiger partial charge is 0.309 e. The molecule has 5 nitrogen and oxygen atoms in total. The Bertz CT molecular complexity index is 4100. The van der Waals surface area contributed by atoms with Crippen LogP contribution in [0.3, 0.4) is 0 Å². The molecule has 0 bridgehead atoms. The number of fused-ring (bicyclic) bond motifs is 6. The van der Waals surface area contributed by atoms with Crippen molar-refractivity contribution in [1.82, 2.24) is 9.13 Å². The van der Waals surface area contributed by atoms with Crippen LogP contribution in [0.2, 0.25) is 0 Å². The molecule has 0 unspecified atom stereocenters. The molecule has 0 saturated carbocycles. The van der Waals surface area contributed by atoms with Crippen LogP contribution < -0.4 is 0 Å². The Morgan fingerprint density at radius 1 is 0.400 bits per heavy atom. The predicted octanol–water partition coefficient (Wildman–Crippen LogP) is 17.6. The Labute approximate surface area is 396 Å². The van der Waals surface area contributed by atoms with E-state index in [1.807, 2.05) is 120 Å². The van der Waals surface area contributed by atoms with E-state index in [9.17, 15) is 31.6 Å². The Hall–Kier alpha value is -9.37. The Kier molecular flexibility index (Phi) is 10.2. The van der Waals surface area contributed by atoms with Gasteiger partial charge in [0, 0.05) is 32.7 Å². The number of benzene rings is 9. The molecule has 0 atom stereocenters. The number of nitrogens with zero attached hydrogens (tertiary/aromatic N) is 5. The number of halogens is 6. The van der Waals surface area contributed by atoms with Gasteiger partial charge in [0.15, 0.2) is 11.4 Å². The van der Waals surface area contributed by atoms with Crippen LogP contribution in [0.25, 0.3) is 109 Å². The average Bonchev–Trinajstić information content (AvgIpc) is 3.89. The molecule has 0 aliphatic heterocycles. The van der Waals surface area contributed by atoms with Crippen LogP contribution >= 0.6 is 0 Å². The molecular formula is C59H31F6N5. The summed E-state index contributed by atoms with van der Waals surface area (Å²) in [6.07, 6.45) is -10.2. The average molecular weight is 924 g/mol. The molecule has 70 heavy (non-hydrogen) atoms. The summed E-state index contributed by atoms with van der Waals surface area (Å²) in [5, 5.41) is 13.8. The van der Waals surface area contributed by atoms with Crippen LogP contribution in [0.1, 0.15) is 16.7 Å². The third-order valence-corrected chi connectivity index (χ3v) is 12.8. The number of aromatic nitrogens is 2. The number of nitriles is 1. The van der Waals surface area contributed by atoms with Crippen LogP contribution in [0, 0.1) is 24.5 Å². The van der Waals surface area contributed by atoms with E-state index in [4.69, 9.17) is 13.1 Å². The minimum atomic E-state index is -5.14. The van der Waals surface area contributed by atoms with E-state index in [1.165, 1.54) is 6.07 Å². The molecule has 0 aliphatic rings. The first kappa shape index (κ1) is 43.2. The van der Waals surface area contributed by atoms with E-state index in [0.29, 0.717) is 56.5 Å². The molecule has 0 fully saturated rings. The first-order chi connectivity index (χ1) is 33.8. The molecule has 0 radical (unpaired) electrons. The van der Waals surface area contributed by atoms with Crippen LogP contribution in [-0.4, -0.2) is 9.13 Å². The quantitative estimate of drug-likeness (QED) is 0.121. The topological polar surface area (TPSA) is 42.4 Å². The van der Waals surface area contributed by atoms with Gasteiger partial charge in [-0.1, -0.05) is 109 Å². The number of rotatable bonds is 6. The lowest BCUT2D eigenvalue weighted by molar-refractivity contribution is -0.142. The maximum atomic E-state index is 14.9. The first-order valence-electron chi connectivity index (χ1n) is 21.8. The molecule has 9 aromatic carbocycles. The Balaban J connectivity index is 1.22. The van der Waals surface area contributed by atoms with E-state index in [2.05, 4.69) is 26.4 Å². The molecule has 0 saturated heterocycles. The van der Waals surface area contributed by atoms with Gasteiger partial charge in [-0.25, -0.2) is 9.69 Å². The third-order valence-electron chi connectivity index (χ3n) is 12.8. The molecular weight excluding hydrogens is 893 g/mol. The molecule has 11 heteroatoms. The van der Waals surface area contributed by atoms with Gasteiger partial charge in [0.1, 0.15) is 0 Å². The maximum Gasteiger partial charge on any atom is 0.417 e. The minimum Gasteiger partial charge on any atom is -0.309 e. The highest BCUT2D eigenvalue weighted by atomic mass is 19.4. The van der Waals surface area contributed by atoms with Crippen molar-refractivity contribution in [3.8, 4) is 62.0 Å². The summed E-state index contributed by atoms with van der Waals surface area (Å²) < 4.78 is 90.7. The van der Waals surface area contributed by atoms with Crippen molar-refractivity contribution in [3.63, 3.8) is 0 Å². The number of hydrogen-bond acceptors (Lipinski definition) is 1. The highest BCUT2D eigenvalue weighted by molar-refractivity contribution is 6.13.